The summed E-state index contributed by atoms with van der Waals surface area (Å²) in [7, 11) is 0. The Morgan fingerprint density at radius 2 is 2.40 bits per heavy atom. The standard InChI is InChI=1S/C10H12BrClN2O/c11-9-5-8(13-14-10(9)12)4-7-2-1-3-15-6-7/h5,7H,1-4,6H2. The average molecular weight is 292 g/mol. The van der Waals surface area contributed by atoms with Crippen molar-refractivity contribution in [3.63, 3.8) is 0 Å². The quantitative estimate of drug-likeness (QED) is 0.840. The van der Waals surface area contributed by atoms with Crippen LogP contribution in [0.15, 0.2) is 10.5 Å². The van der Waals surface area contributed by atoms with Crippen molar-refractivity contribution < 1.29 is 4.74 Å². The lowest BCUT2D eigenvalue weighted by atomic mass is 9.97. The SMILES string of the molecule is Clc1nnc(CC2CCCOC2)cc1Br. The van der Waals surface area contributed by atoms with Crippen molar-refractivity contribution in [1.82, 2.24) is 10.2 Å². The molecule has 1 aromatic rings. The molecule has 82 valence electrons. The first-order valence-corrected chi connectivity index (χ1v) is 6.18. The molecule has 1 aliphatic heterocycles. The molecule has 0 aliphatic carbocycles. The fourth-order valence-electron chi connectivity index (χ4n) is 1.75. The van der Waals surface area contributed by atoms with Crippen molar-refractivity contribution in [3.8, 4) is 0 Å². The summed E-state index contributed by atoms with van der Waals surface area (Å²) < 4.78 is 6.23. The van der Waals surface area contributed by atoms with Crippen molar-refractivity contribution in [2.45, 2.75) is 19.3 Å². The summed E-state index contributed by atoms with van der Waals surface area (Å²) in [6, 6.07) is 1.93. The Bertz CT molecular complexity index is 342. The normalized spacial score (nSPS) is 21.6. The first-order valence-electron chi connectivity index (χ1n) is 5.01. The van der Waals surface area contributed by atoms with Gasteiger partial charge in [-0.2, -0.15) is 5.10 Å². The lowest BCUT2D eigenvalue weighted by Crippen LogP contribution is -2.19. The number of ether oxygens (including phenoxy) is 1. The lowest BCUT2D eigenvalue weighted by molar-refractivity contribution is 0.0546. The molecule has 0 radical (unpaired) electrons. The van der Waals surface area contributed by atoms with Crippen LogP contribution in [-0.4, -0.2) is 23.4 Å². The molecule has 2 heterocycles. The summed E-state index contributed by atoms with van der Waals surface area (Å²) in [4.78, 5) is 0. The van der Waals surface area contributed by atoms with Crippen LogP contribution in [0.25, 0.3) is 0 Å². The van der Waals surface area contributed by atoms with Gasteiger partial charge in [0.25, 0.3) is 0 Å². The molecule has 0 bridgehead atoms. The van der Waals surface area contributed by atoms with E-state index in [4.69, 9.17) is 16.3 Å². The van der Waals surface area contributed by atoms with E-state index in [9.17, 15) is 0 Å². The van der Waals surface area contributed by atoms with Crippen LogP contribution in [0.1, 0.15) is 18.5 Å². The molecule has 0 saturated carbocycles. The molecule has 1 atom stereocenters. The minimum absolute atomic E-state index is 0.415. The van der Waals surface area contributed by atoms with Gasteiger partial charge in [-0.25, -0.2) is 0 Å². The van der Waals surface area contributed by atoms with E-state index >= 15 is 0 Å². The van der Waals surface area contributed by atoms with Gasteiger partial charge >= 0.3 is 0 Å². The minimum atomic E-state index is 0.415. The van der Waals surface area contributed by atoms with Crippen LogP contribution in [0.2, 0.25) is 5.15 Å². The van der Waals surface area contributed by atoms with Gasteiger partial charge < -0.3 is 4.74 Å². The fourth-order valence-corrected chi connectivity index (χ4v) is 2.19. The zero-order chi connectivity index (χ0) is 10.7. The smallest absolute Gasteiger partial charge is 0.165 e. The highest BCUT2D eigenvalue weighted by molar-refractivity contribution is 9.10. The van der Waals surface area contributed by atoms with E-state index in [1.54, 1.807) is 0 Å². The van der Waals surface area contributed by atoms with Crippen LogP contribution < -0.4 is 0 Å². The number of halogens is 2. The minimum Gasteiger partial charge on any atom is -0.381 e. The maximum Gasteiger partial charge on any atom is 0.165 e. The molecule has 0 aromatic carbocycles. The zero-order valence-electron chi connectivity index (χ0n) is 8.25. The van der Waals surface area contributed by atoms with E-state index in [1.165, 1.54) is 6.42 Å². The van der Waals surface area contributed by atoms with Crippen molar-refractivity contribution in [2.24, 2.45) is 5.92 Å². The Morgan fingerprint density at radius 3 is 3.07 bits per heavy atom. The highest BCUT2D eigenvalue weighted by atomic mass is 79.9. The van der Waals surface area contributed by atoms with Gasteiger partial charge in [-0.1, -0.05) is 11.6 Å². The molecule has 1 aliphatic rings. The monoisotopic (exact) mass is 290 g/mol. The topological polar surface area (TPSA) is 35.0 Å². The second-order valence-electron chi connectivity index (χ2n) is 3.76. The van der Waals surface area contributed by atoms with E-state index in [2.05, 4.69) is 26.1 Å². The van der Waals surface area contributed by atoms with Crippen LogP contribution in [0, 0.1) is 5.92 Å². The van der Waals surface area contributed by atoms with Crippen LogP contribution in [-0.2, 0) is 11.2 Å². The highest BCUT2D eigenvalue weighted by Crippen LogP contribution is 2.22. The zero-order valence-corrected chi connectivity index (χ0v) is 10.6. The van der Waals surface area contributed by atoms with Crippen molar-refractivity contribution >= 4 is 27.5 Å². The fraction of sp³-hybridized carbons (Fsp3) is 0.600. The molecular weight excluding hydrogens is 279 g/mol. The third-order valence-electron chi connectivity index (χ3n) is 2.51. The molecule has 2 rings (SSSR count). The van der Waals surface area contributed by atoms with Crippen molar-refractivity contribution in [2.75, 3.05) is 13.2 Å². The van der Waals surface area contributed by atoms with E-state index < -0.39 is 0 Å². The Kier molecular flexibility index (Phi) is 3.94. The predicted molar refractivity (Wildman–Crippen MR) is 62.0 cm³/mol. The third-order valence-corrected chi connectivity index (χ3v) is 3.62. The Balaban J connectivity index is 2.00. The van der Waals surface area contributed by atoms with Gasteiger partial charge in [0.05, 0.1) is 10.2 Å². The van der Waals surface area contributed by atoms with Crippen LogP contribution >= 0.6 is 27.5 Å². The Morgan fingerprint density at radius 1 is 1.53 bits per heavy atom. The summed E-state index contributed by atoms with van der Waals surface area (Å²) in [5.74, 6) is 0.570. The molecule has 5 heteroatoms. The number of hydrogen-bond acceptors (Lipinski definition) is 3. The summed E-state index contributed by atoms with van der Waals surface area (Å²) in [5, 5.41) is 8.35. The first-order chi connectivity index (χ1) is 7.25. The molecule has 0 amide bonds. The molecule has 1 aromatic heterocycles. The van der Waals surface area contributed by atoms with E-state index in [1.807, 2.05) is 6.07 Å². The van der Waals surface area contributed by atoms with E-state index in [-0.39, 0.29) is 0 Å². The summed E-state index contributed by atoms with van der Waals surface area (Å²) in [5.41, 5.74) is 0.974. The number of hydrogen-bond donors (Lipinski definition) is 0. The second-order valence-corrected chi connectivity index (χ2v) is 4.97. The van der Waals surface area contributed by atoms with Crippen molar-refractivity contribution in [1.29, 1.82) is 0 Å². The Hall–Kier alpha value is -0.190. The highest BCUT2D eigenvalue weighted by Gasteiger charge is 2.15. The van der Waals surface area contributed by atoms with Gasteiger partial charge in [-0.3, -0.25) is 0 Å². The van der Waals surface area contributed by atoms with Gasteiger partial charge in [0.15, 0.2) is 5.15 Å². The second kappa shape index (κ2) is 5.23. The van der Waals surface area contributed by atoms with E-state index in [0.717, 1.165) is 36.2 Å². The van der Waals surface area contributed by atoms with Gasteiger partial charge in [0, 0.05) is 13.2 Å². The third kappa shape index (κ3) is 3.13. The molecular formula is C10H12BrClN2O. The maximum absolute atomic E-state index is 5.78. The van der Waals surface area contributed by atoms with Gasteiger partial charge in [0.2, 0.25) is 0 Å². The summed E-state index contributed by atoms with van der Waals surface area (Å²) in [6.07, 6.45) is 3.28. The van der Waals surface area contributed by atoms with Crippen LogP contribution in [0.5, 0.6) is 0 Å². The van der Waals surface area contributed by atoms with Crippen LogP contribution in [0.3, 0.4) is 0 Å². The van der Waals surface area contributed by atoms with Gasteiger partial charge in [-0.05, 0) is 47.2 Å². The molecule has 1 fully saturated rings. The maximum atomic E-state index is 5.78. The average Bonchev–Trinajstić information content (AvgIpc) is 2.25. The molecule has 15 heavy (non-hydrogen) atoms. The number of nitrogens with zero attached hydrogens (tertiary/aromatic N) is 2. The summed E-state index contributed by atoms with van der Waals surface area (Å²) >= 11 is 9.12. The summed E-state index contributed by atoms with van der Waals surface area (Å²) in [6.45, 7) is 1.73. The predicted octanol–water partition coefficient (Wildman–Crippen LogP) is 2.86. The van der Waals surface area contributed by atoms with E-state index in [0.29, 0.717) is 11.1 Å². The molecule has 1 unspecified atom stereocenters. The molecule has 0 N–H and O–H groups in total. The Labute approximate surface area is 102 Å². The lowest BCUT2D eigenvalue weighted by Gasteiger charge is -2.21. The molecule has 1 saturated heterocycles. The van der Waals surface area contributed by atoms with Crippen LogP contribution in [0.4, 0.5) is 0 Å². The van der Waals surface area contributed by atoms with Gasteiger partial charge in [-0.15, -0.1) is 5.10 Å². The first kappa shape index (κ1) is 11.3. The number of rotatable bonds is 2. The van der Waals surface area contributed by atoms with Gasteiger partial charge in [0.1, 0.15) is 0 Å². The largest absolute Gasteiger partial charge is 0.381 e. The molecule has 3 nitrogen and oxygen atoms in total. The molecule has 0 spiro atoms. The number of aromatic nitrogens is 2. The van der Waals surface area contributed by atoms with Crippen molar-refractivity contribution in [3.05, 3.63) is 21.4 Å².